The third-order valence-corrected chi connectivity index (χ3v) is 18.8. The van der Waals surface area contributed by atoms with Gasteiger partial charge in [-0.1, -0.05) is 149 Å². The summed E-state index contributed by atoms with van der Waals surface area (Å²) in [5.41, 5.74) is 23.9. The number of furan rings is 2. The van der Waals surface area contributed by atoms with E-state index in [-0.39, 0.29) is 32.5 Å². The van der Waals surface area contributed by atoms with E-state index >= 15 is 0 Å². The fourth-order valence-electron chi connectivity index (χ4n) is 13.8. The molecule has 0 fully saturated rings. The summed E-state index contributed by atoms with van der Waals surface area (Å²) in [4.78, 5) is 2.56. The molecule has 9 aromatic rings. The SMILES string of the molecule is Cc1cc2c(cc1N1c3c(ccc4c3oc3ccccc34)[B]c3c(-c4cc5c(cc4Nc4ccc6c(c4)C(C)(C)CCC6(C)C)C(C)(C)CCC5(C)C)cc4c(oc5ccccc54)c31)C(C)(C)CCC2(C)C. The lowest BCUT2D eigenvalue weighted by Crippen LogP contribution is -2.42. The zero-order chi connectivity index (χ0) is 50.2. The second-order valence-electron chi connectivity index (χ2n) is 26.4. The van der Waals surface area contributed by atoms with Crippen molar-refractivity contribution in [2.45, 2.75) is 161 Å². The van der Waals surface area contributed by atoms with Crippen LogP contribution in [0.5, 0.6) is 0 Å². The molecule has 0 amide bonds. The molecule has 5 heteroatoms. The maximum absolute atomic E-state index is 7.26. The normalized spacial score (nSPS) is 19.6. The van der Waals surface area contributed by atoms with Gasteiger partial charge in [0.25, 0.3) is 0 Å². The minimum Gasteiger partial charge on any atom is -0.454 e. The summed E-state index contributed by atoms with van der Waals surface area (Å²) in [7, 11) is 2.44. The van der Waals surface area contributed by atoms with Crippen molar-refractivity contribution in [2.75, 3.05) is 10.2 Å². The molecular weight excluding hydrogens is 876 g/mol. The zero-order valence-electron chi connectivity index (χ0n) is 45.0. The van der Waals surface area contributed by atoms with Crippen LogP contribution in [0.4, 0.5) is 28.4 Å². The van der Waals surface area contributed by atoms with Crippen LogP contribution in [-0.4, -0.2) is 7.28 Å². The number of hydrogen-bond donors (Lipinski definition) is 1. The first kappa shape index (κ1) is 45.7. The second-order valence-corrected chi connectivity index (χ2v) is 26.4. The largest absolute Gasteiger partial charge is 0.454 e. The van der Waals surface area contributed by atoms with Gasteiger partial charge in [-0.3, -0.25) is 0 Å². The van der Waals surface area contributed by atoms with Gasteiger partial charge in [0, 0.05) is 44.2 Å². The molecule has 72 heavy (non-hydrogen) atoms. The Morgan fingerprint density at radius 1 is 0.444 bits per heavy atom. The van der Waals surface area contributed by atoms with Crippen LogP contribution in [0, 0.1) is 6.92 Å². The molecule has 4 nitrogen and oxygen atoms in total. The van der Waals surface area contributed by atoms with Gasteiger partial charge in [-0.25, -0.2) is 0 Å². The van der Waals surface area contributed by atoms with E-state index in [4.69, 9.17) is 8.83 Å². The molecule has 0 atom stereocenters. The first-order chi connectivity index (χ1) is 34.0. The molecule has 7 aromatic carbocycles. The summed E-state index contributed by atoms with van der Waals surface area (Å²) in [6.45, 7) is 31.6. The lowest BCUT2D eigenvalue weighted by Gasteiger charge is -2.44. The Morgan fingerprint density at radius 3 is 1.56 bits per heavy atom. The van der Waals surface area contributed by atoms with Crippen molar-refractivity contribution in [1.29, 1.82) is 0 Å². The highest BCUT2D eigenvalue weighted by Gasteiger charge is 2.43. The van der Waals surface area contributed by atoms with E-state index in [1.165, 1.54) is 62.9 Å². The first-order valence-electron chi connectivity index (χ1n) is 26.9. The van der Waals surface area contributed by atoms with Crippen LogP contribution in [0.3, 0.4) is 0 Å². The van der Waals surface area contributed by atoms with Crippen molar-refractivity contribution in [2.24, 2.45) is 0 Å². The van der Waals surface area contributed by atoms with Crippen LogP contribution < -0.4 is 21.1 Å². The highest BCUT2D eigenvalue weighted by atomic mass is 16.3. The number of nitrogens with zero attached hydrogens (tertiary/aromatic N) is 1. The number of fused-ring (bicyclic) bond motifs is 13. The number of anilines is 5. The maximum atomic E-state index is 7.26. The summed E-state index contributed by atoms with van der Waals surface area (Å²) >= 11 is 0. The molecule has 1 radical (unpaired) electrons. The second kappa shape index (κ2) is 15.0. The molecule has 1 aliphatic heterocycles. The summed E-state index contributed by atoms with van der Waals surface area (Å²) in [5.74, 6) is 0. The van der Waals surface area contributed by atoms with Gasteiger partial charge in [0.05, 0.1) is 11.4 Å². The van der Waals surface area contributed by atoms with Gasteiger partial charge in [-0.05, 0) is 176 Å². The fourth-order valence-corrected chi connectivity index (χ4v) is 13.8. The van der Waals surface area contributed by atoms with Crippen molar-refractivity contribution >= 4 is 90.5 Å². The van der Waals surface area contributed by atoms with E-state index in [1.807, 2.05) is 0 Å². The van der Waals surface area contributed by atoms with E-state index in [0.717, 1.165) is 109 Å². The van der Waals surface area contributed by atoms with Crippen LogP contribution >= 0.6 is 0 Å². The minimum atomic E-state index is -0.0118. The first-order valence-corrected chi connectivity index (χ1v) is 26.9. The molecule has 2 aromatic heterocycles. The van der Waals surface area contributed by atoms with Gasteiger partial charge in [0.2, 0.25) is 0 Å². The third kappa shape index (κ3) is 6.63. The van der Waals surface area contributed by atoms with Gasteiger partial charge in [-0.2, -0.15) is 0 Å². The van der Waals surface area contributed by atoms with E-state index in [0.29, 0.717) is 0 Å². The van der Waals surface area contributed by atoms with Crippen molar-refractivity contribution in [3.05, 3.63) is 148 Å². The third-order valence-electron chi connectivity index (χ3n) is 18.8. The van der Waals surface area contributed by atoms with Gasteiger partial charge in [-0.15, -0.1) is 0 Å². The Kier molecular flexibility index (Phi) is 9.48. The van der Waals surface area contributed by atoms with E-state index < -0.39 is 0 Å². The molecule has 0 unspecified atom stereocenters. The average molecular weight is 946 g/mol. The van der Waals surface area contributed by atoms with E-state index in [1.54, 1.807) is 0 Å². The smallest absolute Gasteiger partial charge is 0.198 e. The standard InChI is InChI=1S/C67H70BN2O2/c1-38-32-47-51(67(12,13)31-28-63(47,4)5)37-54(38)70-58-52(25-23-42-40-18-14-16-20-55(40)71-60(42)58)68-57-44(34-45-41-19-15-17-21-56(41)72-61(45)59(57)70)43-35-49-50(66(10,11)30-29-65(49,8)9)36-53(43)69-39-22-24-46-48(33-39)64(6,7)27-26-62(46,2)3/h14-25,32-37,69H,26-31H2,1-13H3. The van der Waals surface area contributed by atoms with Crippen LogP contribution in [0.1, 0.15) is 161 Å². The van der Waals surface area contributed by atoms with Crippen LogP contribution in [0.2, 0.25) is 0 Å². The average Bonchev–Trinajstić information content (AvgIpc) is 3.91. The molecule has 363 valence electrons. The molecule has 0 bridgehead atoms. The molecule has 1 N–H and O–H groups in total. The van der Waals surface area contributed by atoms with Crippen LogP contribution in [-0.2, 0) is 32.5 Å². The summed E-state index contributed by atoms with van der Waals surface area (Å²) < 4.78 is 14.3. The monoisotopic (exact) mass is 946 g/mol. The number of para-hydroxylation sites is 2. The van der Waals surface area contributed by atoms with Gasteiger partial charge < -0.3 is 19.1 Å². The van der Waals surface area contributed by atoms with Crippen LogP contribution in [0.25, 0.3) is 55.0 Å². The van der Waals surface area contributed by atoms with Gasteiger partial charge >= 0.3 is 0 Å². The lowest BCUT2D eigenvalue weighted by molar-refractivity contribution is 0.332. The maximum Gasteiger partial charge on any atom is 0.198 e. The molecule has 4 aliphatic rings. The topological polar surface area (TPSA) is 41.6 Å². The highest BCUT2D eigenvalue weighted by molar-refractivity contribution is 6.74. The molecule has 3 aliphatic carbocycles. The number of nitrogens with one attached hydrogen (secondary N) is 1. The summed E-state index contributed by atoms with van der Waals surface area (Å²) in [5, 5.41) is 8.64. The molecule has 13 rings (SSSR count). The predicted octanol–water partition coefficient (Wildman–Crippen LogP) is 17.7. The number of rotatable bonds is 4. The molecule has 0 spiro atoms. The number of benzene rings is 7. The summed E-state index contributed by atoms with van der Waals surface area (Å²) in [6, 6.07) is 41.6. The Labute approximate surface area is 427 Å². The van der Waals surface area contributed by atoms with Crippen molar-refractivity contribution in [3.63, 3.8) is 0 Å². The zero-order valence-corrected chi connectivity index (χ0v) is 45.0. The lowest BCUT2D eigenvalue weighted by atomic mass is 9.57. The van der Waals surface area contributed by atoms with Gasteiger partial charge in [0.1, 0.15) is 11.2 Å². The number of hydrogen-bond acceptors (Lipinski definition) is 4. The van der Waals surface area contributed by atoms with E-state index in [9.17, 15) is 0 Å². The quantitative estimate of drug-likeness (QED) is 0.179. The molecule has 0 saturated heterocycles. The molecule has 0 saturated carbocycles. The van der Waals surface area contributed by atoms with Crippen LogP contribution in [0.15, 0.2) is 118 Å². The Bertz CT molecular complexity index is 3790. The molecular formula is C67H70BN2O2. The fraction of sp³-hybridized carbons (Fsp3) is 0.373. The Morgan fingerprint density at radius 2 is 0.944 bits per heavy atom. The number of aryl methyl sites for hydroxylation is 1. The Balaban J connectivity index is 1.15. The van der Waals surface area contributed by atoms with Crippen molar-refractivity contribution in [1.82, 2.24) is 0 Å². The Hall–Kier alpha value is -6.20. The predicted molar refractivity (Wildman–Crippen MR) is 306 cm³/mol. The van der Waals surface area contributed by atoms with Crippen molar-refractivity contribution < 1.29 is 8.83 Å². The van der Waals surface area contributed by atoms with Crippen molar-refractivity contribution in [3.8, 4) is 11.1 Å². The summed E-state index contributed by atoms with van der Waals surface area (Å²) in [6.07, 6.45) is 6.91. The van der Waals surface area contributed by atoms with E-state index in [2.05, 4.69) is 217 Å². The molecule has 3 heterocycles. The highest BCUT2D eigenvalue weighted by Crippen LogP contribution is 2.55. The van der Waals surface area contributed by atoms with Gasteiger partial charge in [0.15, 0.2) is 18.4 Å². The minimum absolute atomic E-state index is 0.00525.